The van der Waals surface area contributed by atoms with Crippen LogP contribution in [0.4, 0.5) is 10.5 Å². The zero-order valence-electron chi connectivity index (χ0n) is 23.0. The van der Waals surface area contributed by atoms with Gasteiger partial charge in [0.15, 0.2) is 11.6 Å². The Morgan fingerprint density at radius 1 is 1.12 bits per heavy atom. The molecule has 2 N–H and O–H groups in total. The molecule has 2 aliphatic heterocycles. The molecule has 2 aromatic rings. The second-order valence-electron chi connectivity index (χ2n) is 11.3. The van der Waals surface area contributed by atoms with Crippen molar-refractivity contribution in [1.82, 2.24) is 10.2 Å². The number of halogens is 1. The van der Waals surface area contributed by atoms with Crippen molar-refractivity contribution in [2.45, 2.75) is 71.4 Å². The number of rotatable bonds is 6. The van der Waals surface area contributed by atoms with E-state index in [0.29, 0.717) is 55.3 Å². The molecule has 1 saturated carbocycles. The van der Waals surface area contributed by atoms with Gasteiger partial charge in [-0.05, 0) is 74.1 Å². The van der Waals surface area contributed by atoms with E-state index in [9.17, 15) is 19.2 Å². The number of carbonyl (C=O) groups is 4. The lowest BCUT2D eigenvalue weighted by Crippen LogP contribution is -2.44. The number of Topliss-reactive ketones (excluding diaryl/α,β-unsaturated/α-hetero) is 2. The molecular weight excluding hydrogens is 534 g/mol. The second-order valence-corrected chi connectivity index (χ2v) is 11.7. The van der Waals surface area contributed by atoms with E-state index in [2.05, 4.69) is 10.6 Å². The fraction of sp³-hybridized carbons (Fsp3) is 0.467. The van der Waals surface area contributed by atoms with Crippen molar-refractivity contribution >= 4 is 40.8 Å². The Bertz CT molecular complexity index is 1360. The number of fused-ring (bicyclic) bond motifs is 1. The summed E-state index contributed by atoms with van der Waals surface area (Å²) in [4.78, 5) is 51.3. The normalized spacial score (nSPS) is 20.9. The fourth-order valence-electron chi connectivity index (χ4n) is 5.45. The summed E-state index contributed by atoms with van der Waals surface area (Å²) < 4.78 is 11.6. The molecule has 3 aliphatic rings. The van der Waals surface area contributed by atoms with Crippen LogP contribution in [-0.2, 0) is 38.6 Å². The van der Waals surface area contributed by atoms with Gasteiger partial charge >= 0.3 is 6.03 Å². The molecule has 2 fully saturated rings. The number of ketones is 2. The van der Waals surface area contributed by atoms with Crippen molar-refractivity contribution in [1.29, 1.82) is 0 Å². The molecule has 212 valence electrons. The van der Waals surface area contributed by atoms with Gasteiger partial charge in [-0.25, -0.2) is 4.79 Å². The van der Waals surface area contributed by atoms with Gasteiger partial charge in [-0.15, -0.1) is 0 Å². The lowest BCUT2D eigenvalue weighted by atomic mass is 9.92. The monoisotopic (exact) mass is 567 g/mol. The predicted octanol–water partition coefficient (Wildman–Crippen LogP) is 4.56. The average molecular weight is 568 g/mol. The Morgan fingerprint density at radius 2 is 1.88 bits per heavy atom. The summed E-state index contributed by atoms with van der Waals surface area (Å²) in [6.45, 7) is 7.47. The Labute approximate surface area is 238 Å². The maximum Gasteiger partial charge on any atom is 0.319 e. The Morgan fingerprint density at radius 3 is 2.60 bits per heavy atom. The van der Waals surface area contributed by atoms with Crippen molar-refractivity contribution in [3.63, 3.8) is 0 Å². The molecule has 10 heteroatoms. The number of ether oxygens (including phenoxy) is 2. The van der Waals surface area contributed by atoms with E-state index < -0.39 is 17.9 Å². The van der Waals surface area contributed by atoms with Crippen LogP contribution in [0.2, 0.25) is 5.02 Å². The Kier molecular flexibility index (Phi) is 7.99. The first-order valence-corrected chi connectivity index (χ1v) is 14.0. The molecule has 0 aromatic heterocycles. The number of benzene rings is 2. The maximum absolute atomic E-state index is 13.1. The molecule has 1 unspecified atom stereocenters. The largest absolute Gasteiger partial charge is 0.350 e. The van der Waals surface area contributed by atoms with Crippen LogP contribution in [-0.4, -0.2) is 53.4 Å². The molecule has 9 nitrogen and oxygen atoms in total. The third-order valence-electron chi connectivity index (χ3n) is 7.83. The van der Waals surface area contributed by atoms with Crippen molar-refractivity contribution in [2.75, 3.05) is 18.5 Å². The van der Waals surface area contributed by atoms with E-state index in [-0.39, 0.29) is 36.4 Å². The minimum absolute atomic E-state index is 0.0706. The van der Waals surface area contributed by atoms with E-state index in [1.165, 1.54) is 0 Å². The Balaban J connectivity index is 1.18. The van der Waals surface area contributed by atoms with E-state index in [1.807, 2.05) is 39.0 Å². The fourth-order valence-corrected chi connectivity index (χ4v) is 5.69. The average Bonchev–Trinajstić information content (AvgIpc) is 3.22. The molecule has 5 rings (SSSR count). The summed E-state index contributed by atoms with van der Waals surface area (Å²) >= 11 is 6.48. The molecule has 0 bridgehead atoms. The topological polar surface area (TPSA) is 114 Å². The van der Waals surface area contributed by atoms with E-state index >= 15 is 0 Å². The van der Waals surface area contributed by atoms with Gasteiger partial charge in [0.05, 0.1) is 25.7 Å². The molecule has 1 aliphatic carbocycles. The van der Waals surface area contributed by atoms with Gasteiger partial charge in [-0.1, -0.05) is 23.7 Å². The van der Waals surface area contributed by atoms with Crippen LogP contribution in [0, 0.1) is 12.8 Å². The first kappa shape index (κ1) is 28.3. The van der Waals surface area contributed by atoms with Gasteiger partial charge in [-0.3, -0.25) is 14.4 Å². The number of amides is 3. The van der Waals surface area contributed by atoms with Gasteiger partial charge in [-0.2, -0.15) is 0 Å². The first-order chi connectivity index (χ1) is 19.0. The molecule has 40 heavy (non-hydrogen) atoms. The number of anilines is 1. The molecule has 0 spiro atoms. The molecule has 2 aromatic carbocycles. The zero-order valence-corrected chi connectivity index (χ0v) is 23.7. The lowest BCUT2D eigenvalue weighted by molar-refractivity contribution is -0.261. The Hall–Kier alpha value is -3.27. The summed E-state index contributed by atoms with van der Waals surface area (Å²) in [6, 6.07) is 8.16. The summed E-state index contributed by atoms with van der Waals surface area (Å²) in [5.41, 5.74) is 4.67. The van der Waals surface area contributed by atoms with Gasteiger partial charge in [0.1, 0.15) is 5.78 Å². The number of hydrogen-bond acceptors (Lipinski definition) is 6. The third-order valence-corrected chi connectivity index (χ3v) is 8.22. The predicted molar refractivity (Wildman–Crippen MR) is 149 cm³/mol. The van der Waals surface area contributed by atoms with Crippen LogP contribution in [0.25, 0.3) is 0 Å². The quantitative estimate of drug-likeness (QED) is 0.495. The highest BCUT2D eigenvalue weighted by Crippen LogP contribution is 2.31. The first-order valence-electron chi connectivity index (χ1n) is 13.6. The second kappa shape index (κ2) is 11.3. The highest BCUT2D eigenvalue weighted by atomic mass is 35.5. The van der Waals surface area contributed by atoms with E-state index in [0.717, 1.165) is 22.3 Å². The molecule has 2 heterocycles. The summed E-state index contributed by atoms with van der Waals surface area (Å²) in [5.74, 6) is -0.873. The van der Waals surface area contributed by atoms with Gasteiger partial charge < -0.3 is 25.0 Å². The van der Waals surface area contributed by atoms with Crippen LogP contribution < -0.4 is 10.6 Å². The molecule has 3 amide bonds. The highest BCUT2D eigenvalue weighted by Gasteiger charge is 2.39. The highest BCUT2D eigenvalue weighted by molar-refractivity contribution is 6.31. The van der Waals surface area contributed by atoms with Crippen LogP contribution in [0.15, 0.2) is 30.3 Å². The molecular formula is C30H34ClN3O6. The molecule has 1 saturated heterocycles. The lowest BCUT2D eigenvalue weighted by Gasteiger charge is -2.35. The van der Waals surface area contributed by atoms with Gasteiger partial charge in [0.2, 0.25) is 0 Å². The molecule has 0 radical (unpaired) electrons. The standard InChI is InChI=1S/C30H34ClN3O6/c1-17-21(8-19-15-39-30(2,3)40-16-19)10-22(11-25(17)31)33-29(38)32-13-18-4-5-20-14-34(28(37)24(20)9-18)26-7-6-23(35)12-27(26)36/h4-5,9-11,19,26H,6-8,12-16H2,1-3H3,(H2,32,33,38). The maximum atomic E-state index is 13.1. The van der Waals surface area contributed by atoms with Gasteiger partial charge in [0.25, 0.3) is 5.91 Å². The van der Waals surface area contributed by atoms with E-state index in [4.69, 9.17) is 21.1 Å². The number of hydrogen-bond donors (Lipinski definition) is 2. The van der Waals surface area contributed by atoms with Crippen LogP contribution in [0.3, 0.4) is 0 Å². The van der Waals surface area contributed by atoms with Gasteiger partial charge in [0, 0.05) is 41.7 Å². The number of carbonyl (C=O) groups excluding carboxylic acids is 4. The third kappa shape index (κ3) is 6.22. The van der Waals surface area contributed by atoms with Crippen molar-refractivity contribution < 1.29 is 28.7 Å². The van der Waals surface area contributed by atoms with E-state index in [1.54, 1.807) is 17.0 Å². The summed E-state index contributed by atoms with van der Waals surface area (Å²) in [6.07, 6.45) is 1.29. The minimum Gasteiger partial charge on any atom is -0.350 e. The number of nitrogens with one attached hydrogen (secondary N) is 2. The van der Waals surface area contributed by atoms with Crippen molar-refractivity contribution in [3.8, 4) is 0 Å². The van der Waals surface area contributed by atoms with Crippen LogP contribution in [0.5, 0.6) is 0 Å². The van der Waals surface area contributed by atoms with Crippen LogP contribution in [0.1, 0.15) is 65.7 Å². The summed E-state index contributed by atoms with van der Waals surface area (Å²) in [7, 11) is 0. The molecule has 1 atom stereocenters. The van der Waals surface area contributed by atoms with Crippen molar-refractivity contribution in [2.24, 2.45) is 5.92 Å². The number of nitrogens with zero attached hydrogens (tertiary/aromatic N) is 1. The smallest absolute Gasteiger partial charge is 0.319 e. The zero-order chi connectivity index (χ0) is 28.6. The van der Waals surface area contributed by atoms with Crippen LogP contribution >= 0.6 is 11.6 Å². The van der Waals surface area contributed by atoms with Crippen molar-refractivity contribution in [3.05, 3.63) is 63.2 Å². The summed E-state index contributed by atoms with van der Waals surface area (Å²) in [5, 5.41) is 6.25. The number of urea groups is 1. The minimum atomic E-state index is -0.577. The SMILES string of the molecule is Cc1c(Cl)cc(NC(=O)NCc2ccc3c(c2)C(=O)N(C2CCC(=O)CC2=O)C3)cc1CC1COC(C)(C)OC1.